The predicted molar refractivity (Wildman–Crippen MR) is 110 cm³/mol. The molecule has 1 heterocycles. The number of benzene rings is 3. The summed E-state index contributed by atoms with van der Waals surface area (Å²) in [7, 11) is 0. The van der Waals surface area contributed by atoms with Gasteiger partial charge in [0.25, 0.3) is 0 Å². The lowest BCUT2D eigenvalue weighted by Crippen LogP contribution is -2.04. The average molecular weight is 391 g/mol. The van der Waals surface area contributed by atoms with Crippen LogP contribution in [0.4, 0.5) is 13.2 Å². The molecule has 0 saturated heterocycles. The van der Waals surface area contributed by atoms with Crippen molar-refractivity contribution < 1.29 is 13.2 Å². The second-order valence-electron chi connectivity index (χ2n) is 6.95. The molecule has 0 aliphatic carbocycles. The molecular formula is C25H20F3N. The van der Waals surface area contributed by atoms with Crippen molar-refractivity contribution in [1.82, 2.24) is 4.57 Å². The van der Waals surface area contributed by atoms with Gasteiger partial charge in [-0.3, -0.25) is 0 Å². The molecule has 0 bridgehead atoms. The number of aromatic nitrogens is 1. The lowest BCUT2D eigenvalue weighted by atomic mass is 10.00. The van der Waals surface area contributed by atoms with E-state index < -0.39 is 11.7 Å². The summed E-state index contributed by atoms with van der Waals surface area (Å²) in [6, 6.07) is 27.6. The van der Waals surface area contributed by atoms with Gasteiger partial charge in [-0.15, -0.1) is 0 Å². The third-order valence-corrected chi connectivity index (χ3v) is 5.02. The molecule has 1 nitrogen and oxygen atoms in total. The van der Waals surface area contributed by atoms with Crippen LogP contribution in [0.5, 0.6) is 0 Å². The van der Waals surface area contributed by atoms with E-state index >= 15 is 0 Å². The van der Waals surface area contributed by atoms with Gasteiger partial charge < -0.3 is 4.57 Å². The van der Waals surface area contributed by atoms with E-state index in [0.717, 1.165) is 47.5 Å². The van der Waals surface area contributed by atoms with Crippen LogP contribution in [-0.4, -0.2) is 4.57 Å². The molecule has 4 rings (SSSR count). The zero-order valence-corrected chi connectivity index (χ0v) is 15.7. The van der Waals surface area contributed by atoms with Crippen LogP contribution in [0.15, 0.2) is 97.2 Å². The molecule has 0 unspecified atom stereocenters. The molecule has 146 valence electrons. The Morgan fingerprint density at radius 2 is 1.28 bits per heavy atom. The Labute approximate surface area is 168 Å². The number of nitrogens with zero attached hydrogens (tertiary/aromatic N) is 1. The second-order valence-corrected chi connectivity index (χ2v) is 6.95. The minimum Gasteiger partial charge on any atom is -0.347 e. The molecule has 4 aromatic rings. The van der Waals surface area contributed by atoms with Gasteiger partial charge in [0.15, 0.2) is 0 Å². The first-order chi connectivity index (χ1) is 14.0. The number of hydrogen-bond acceptors (Lipinski definition) is 0. The molecule has 4 heteroatoms. The maximum Gasteiger partial charge on any atom is 0.416 e. The quantitative estimate of drug-likeness (QED) is 0.342. The summed E-state index contributed by atoms with van der Waals surface area (Å²) in [5.41, 5.74) is 4.37. The minimum atomic E-state index is -4.33. The van der Waals surface area contributed by atoms with E-state index in [1.807, 2.05) is 60.8 Å². The van der Waals surface area contributed by atoms with Crippen LogP contribution in [-0.2, 0) is 19.1 Å². The van der Waals surface area contributed by atoms with Crippen LogP contribution in [0, 0.1) is 0 Å². The summed E-state index contributed by atoms with van der Waals surface area (Å²) in [6.07, 6.45) is -1.44. The Hall–Kier alpha value is -3.27. The van der Waals surface area contributed by atoms with Crippen molar-refractivity contribution in [2.75, 3.05) is 0 Å². The molecular weight excluding hydrogens is 371 g/mol. The zero-order valence-electron chi connectivity index (χ0n) is 15.7. The Bertz CT molecular complexity index is 1060. The molecule has 0 aliphatic rings. The monoisotopic (exact) mass is 391 g/mol. The van der Waals surface area contributed by atoms with Crippen molar-refractivity contribution >= 4 is 0 Å². The first-order valence-electron chi connectivity index (χ1n) is 9.48. The molecule has 29 heavy (non-hydrogen) atoms. The molecule has 0 saturated carbocycles. The topological polar surface area (TPSA) is 4.93 Å². The Morgan fingerprint density at radius 3 is 1.90 bits per heavy atom. The van der Waals surface area contributed by atoms with Gasteiger partial charge in [-0.2, -0.15) is 13.2 Å². The first-order valence-corrected chi connectivity index (χ1v) is 9.48. The highest BCUT2D eigenvalue weighted by Crippen LogP contribution is 2.36. The van der Waals surface area contributed by atoms with E-state index in [4.69, 9.17) is 0 Å². The highest BCUT2D eigenvalue weighted by atomic mass is 19.4. The number of halogens is 3. The molecule has 0 aliphatic heterocycles. The van der Waals surface area contributed by atoms with E-state index in [2.05, 4.69) is 16.7 Å². The highest BCUT2D eigenvalue weighted by molar-refractivity contribution is 5.81. The Kier molecular flexibility index (Phi) is 5.26. The molecule has 0 spiro atoms. The van der Waals surface area contributed by atoms with E-state index in [0.29, 0.717) is 0 Å². The maximum absolute atomic E-state index is 12.9. The van der Waals surface area contributed by atoms with E-state index in [9.17, 15) is 13.2 Å². The highest BCUT2D eigenvalue weighted by Gasteiger charge is 2.30. The fourth-order valence-electron chi connectivity index (χ4n) is 3.54. The molecule has 0 radical (unpaired) electrons. The fraction of sp³-hybridized carbons (Fsp3) is 0.120. The van der Waals surface area contributed by atoms with Gasteiger partial charge in [0.1, 0.15) is 0 Å². The van der Waals surface area contributed by atoms with E-state index in [1.54, 1.807) is 12.1 Å². The fourth-order valence-corrected chi connectivity index (χ4v) is 3.54. The van der Waals surface area contributed by atoms with Gasteiger partial charge >= 0.3 is 6.18 Å². The summed E-state index contributed by atoms with van der Waals surface area (Å²) in [4.78, 5) is 0. The van der Waals surface area contributed by atoms with Crippen molar-refractivity contribution in [3.05, 3.63) is 108 Å². The number of aryl methyl sites for hydroxylation is 2. The van der Waals surface area contributed by atoms with Crippen molar-refractivity contribution in [3.8, 4) is 22.4 Å². The van der Waals surface area contributed by atoms with Crippen molar-refractivity contribution in [1.29, 1.82) is 0 Å². The number of rotatable bonds is 5. The first kappa shape index (κ1) is 19.1. The SMILES string of the molecule is FC(F)(F)c1ccc(-c2ccn(CCc3ccccc3)c2-c2ccccc2)cc1. The predicted octanol–water partition coefficient (Wildman–Crippen LogP) is 7.08. The van der Waals surface area contributed by atoms with Gasteiger partial charge in [0, 0.05) is 18.3 Å². The van der Waals surface area contributed by atoms with Gasteiger partial charge in [-0.05, 0) is 41.3 Å². The lowest BCUT2D eigenvalue weighted by molar-refractivity contribution is -0.137. The van der Waals surface area contributed by atoms with Gasteiger partial charge in [-0.25, -0.2) is 0 Å². The molecule has 0 fully saturated rings. The average Bonchev–Trinajstić information content (AvgIpc) is 3.17. The standard InChI is InChI=1S/C25H20F3N/c26-25(27,28)22-13-11-20(12-14-22)23-16-18-29(17-15-19-7-3-1-4-8-19)24(23)21-9-5-2-6-10-21/h1-14,16,18H,15,17H2. The summed E-state index contributed by atoms with van der Waals surface area (Å²) in [6.45, 7) is 0.787. The lowest BCUT2D eigenvalue weighted by Gasteiger charge is -2.13. The van der Waals surface area contributed by atoms with Crippen LogP contribution in [0.2, 0.25) is 0 Å². The maximum atomic E-state index is 12.9. The number of alkyl halides is 3. The van der Waals surface area contributed by atoms with Crippen LogP contribution in [0.25, 0.3) is 22.4 Å². The third kappa shape index (κ3) is 4.27. The molecule has 0 atom stereocenters. The zero-order chi connectivity index (χ0) is 20.3. The second kappa shape index (κ2) is 8.00. The van der Waals surface area contributed by atoms with Crippen LogP contribution < -0.4 is 0 Å². The van der Waals surface area contributed by atoms with E-state index in [-0.39, 0.29) is 0 Å². The molecule has 3 aromatic carbocycles. The number of hydrogen-bond donors (Lipinski definition) is 0. The molecule has 0 amide bonds. The largest absolute Gasteiger partial charge is 0.416 e. The minimum absolute atomic E-state index is 0.633. The third-order valence-electron chi connectivity index (χ3n) is 5.02. The Balaban J connectivity index is 1.71. The Morgan fingerprint density at radius 1 is 0.655 bits per heavy atom. The van der Waals surface area contributed by atoms with Gasteiger partial charge in [-0.1, -0.05) is 72.8 Å². The van der Waals surface area contributed by atoms with Crippen LogP contribution in [0.3, 0.4) is 0 Å². The van der Waals surface area contributed by atoms with Gasteiger partial charge in [0.05, 0.1) is 11.3 Å². The summed E-state index contributed by atoms with van der Waals surface area (Å²) < 4.78 is 41.0. The normalized spacial score (nSPS) is 11.6. The summed E-state index contributed by atoms with van der Waals surface area (Å²) in [5, 5.41) is 0. The van der Waals surface area contributed by atoms with Crippen molar-refractivity contribution in [2.45, 2.75) is 19.1 Å². The van der Waals surface area contributed by atoms with Crippen LogP contribution >= 0.6 is 0 Å². The summed E-state index contributed by atoms with van der Waals surface area (Å²) >= 11 is 0. The van der Waals surface area contributed by atoms with Gasteiger partial charge in [0.2, 0.25) is 0 Å². The molecule has 1 aromatic heterocycles. The molecule has 0 N–H and O–H groups in total. The summed E-state index contributed by atoms with van der Waals surface area (Å²) in [5.74, 6) is 0. The van der Waals surface area contributed by atoms with Crippen molar-refractivity contribution in [3.63, 3.8) is 0 Å². The van der Waals surface area contributed by atoms with E-state index in [1.165, 1.54) is 5.56 Å². The van der Waals surface area contributed by atoms with Crippen LogP contribution in [0.1, 0.15) is 11.1 Å². The van der Waals surface area contributed by atoms with Crippen molar-refractivity contribution in [2.24, 2.45) is 0 Å². The smallest absolute Gasteiger partial charge is 0.347 e.